The molecule has 6 nitrogen and oxygen atoms in total. The number of aromatic hydroxyl groups is 1. The molecule has 1 fully saturated rings. The average molecular weight is 419 g/mol. The summed E-state index contributed by atoms with van der Waals surface area (Å²) in [5, 5.41) is 21.2. The van der Waals surface area contributed by atoms with Crippen molar-refractivity contribution in [1.82, 2.24) is 9.80 Å². The molecule has 1 aliphatic rings. The minimum Gasteiger partial charge on any atom is -0.507 e. The molecule has 1 amide bonds. The van der Waals surface area contributed by atoms with Gasteiger partial charge in [0.1, 0.15) is 17.3 Å². The highest BCUT2D eigenvalue weighted by atomic mass is 35.5. The van der Waals surface area contributed by atoms with E-state index in [4.69, 9.17) is 11.6 Å². The molecule has 0 saturated carbocycles. The summed E-state index contributed by atoms with van der Waals surface area (Å²) >= 11 is 5.96. The standard InChI is InChI=1S/C21H20ClFN2O4/c1-24(2)8-9-25-18(12-4-3-5-14(23)10-12)17(20(28)21(25)29)19(27)15-11-13(22)6-7-16(15)26/h3-7,10-11,18,26-27H,8-9H2,1-2H3. The number of likely N-dealkylation sites (N-methyl/N-ethyl adjacent to an activating group) is 1. The Bertz CT molecular complexity index is 1010. The number of carbonyl (C=O) groups excluding carboxylic acids is 2. The topological polar surface area (TPSA) is 81.1 Å². The molecule has 3 rings (SSSR count). The molecule has 8 heteroatoms. The van der Waals surface area contributed by atoms with Gasteiger partial charge in [0.15, 0.2) is 0 Å². The number of rotatable bonds is 5. The van der Waals surface area contributed by atoms with Gasteiger partial charge in [-0.05, 0) is 50.0 Å². The number of phenolic OH excluding ortho intramolecular Hbond substituents is 1. The lowest BCUT2D eigenvalue weighted by molar-refractivity contribution is -0.140. The van der Waals surface area contributed by atoms with Gasteiger partial charge in [0.25, 0.3) is 11.7 Å². The van der Waals surface area contributed by atoms with Crippen LogP contribution in [0.15, 0.2) is 48.0 Å². The Hall–Kier alpha value is -2.90. The van der Waals surface area contributed by atoms with Crippen molar-refractivity contribution in [2.45, 2.75) is 6.04 Å². The fourth-order valence-electron chi connectivity index (χ4n) is 3.28. The van der Waals surface area contributed by atoms with Gasteiger partial charge >= 0.3 is 0 Å². The van der Waals surface area contributed by atoms with Crippen LogP contribution in [0.5, 0.6) is 5.75 Å². The molecule has 0 bridgehead atoms. The number of aliphatic hydroxyl groups excluding tert-OH is 1. The molecule has 29 heavy (non-hydrogen) atoms. The maximum atomic E-state index is 13.9. The first-order valence-corrected chi connectivity index (χ1v) is 9.26. The number of phenols is 1. The molecule has 1 aliphatic heterocycles. The normalized spacial score (nSPS) is 18.7. The lowest BCUT2D eigenvalue weighted by Gasteiger charge is -2.26. The summed E-state index contributed by atoms with van der Waals surface area (Å²) in [6, 6.07) is 8.50. The van der Waals surface area contributed by atoms with Crippen molar-refractivity contribution in [2.75, 3.05) is 27.2 Å². The molecule has 1 saturated heterocycles. The van der Waals surface area contributed by atoms with Gasteiger partial charge < -0.3 is 20.0 Å². The molecular weight excluding hydrogens is 399 g/mol. The first kappa shape index (κ1) is 20.8. The van der Waals surface area contributed by atoms with Crippen LogP contribution in [-0.4, -0.2) is 58.9 Å². The molecule has 1 atom stereocenters. The second kappa shape index (κ2) is 8.23. The third-order valence-corrected chi connectivity index (χ3v) is 4.94. The lowest BCUT2D eigenvalue weighted by Crippen LogP contribution is -2.35. The van der Waals surface area contributed by atoms with E-state index in [1.807, 2.05) is 19.0 Å². The maximum Gasteiger partial charge on any atom is 0.295 e. The quantitative estimate of drug-likeness (QED) is 0.443. The number of nitrogens with zero attached hydrogens (tertiary/aromatic N) is 2. The van der Waals surface area contributed by atoms with Crippen molar-refractivity contribution in [1.29, 1.82) is 0 Å². The number of aliphatic hydroxyl groups is 1. The first-order valence-electron chi connectivity index (χ1n) is 8.88. The number of likely N-dealkylation sites (tertiary alicyclic amines) is 1. The zero-order valence-electron chi connectivity index (χ0n) is 15.9. The van der Waals surface area contributed by atoms with E-state index in [1.165, 1.54) is 41.3 Å². The summed E-state index contributed by atoms with van der Waals surface area (Å²) in [4.78, 5) is 28.7. The van der Waals surface area contributed by atoms with Gasteiger partial charge in [-0.2, -0.15) is 0 Å². The fraction of sp³-hybridized carbons (Fsp3) is 0.238. The van der Waals surface area contributed by atoms with E-state index in [9.17, 15) is 24.2 Å². The van der Waals surface area contributed by atoms with Crippen molar-refractivity contribution in [3.05, 3.63) is 70.0 Å². The molecule has 2 N–H and O–H groups in total. The van der Waals surface area contributed by atoms with Crippen molar-refractivity contribution < 1.29 is 24.2 Å². The van der Waals surface area contributed by atoms with Crippen molar-refractivity contribution >= 4 is 29.1 Å². The zero-order valence-corrected chi connectivity index (χ0v) is 16.7. The Labute approximate surface area is 172 Å². The SMILES string of the molecule is CN(C)CCN1C(=O)C(=O)C(=C(O)c2cc(Cl)ccc2O)C1c1cccc(F)c1. The summed E-state index contributed by atoms with van der Waals surface area (Å²) < 4.78 is 13.9. The molecule has 2 aromatic carbocycles. The number of carbonyl (C=O) groups is 2. The number of amides is 1. The molecular formula is C21H20ClFN2O4. The van der Waals surface area contributed by atoms with Gasteiger partial charge in [0.2, 0.25) is 0 Å². The van der Waals surface area contributed by atoms with Crippen LogP contribution < -0.4 is 0 Å². The second-order valence-electron chi connectivity index (χ2n) is 7.01. The van der Waals surface area contributed by atoms with E-state index in [0.29, 0.717) is 12.1 Å². The zero-order chi connectivity index (χ0) is 21.3. The average Bonchev–Trinajstić information content (AvgIpc) is 2.92. The number of halogens is 2. The van der Waals surface area contributed by atoms with Crippen LogP contribution in [0.3, 0.4) is 0 Å². The van der Waals surface area contributed by atoms with Crippen LogP contribution in [0.2, 0.25) is 5.02 Å². The van der Waals surface area contributed by atoms with Crippen LogP contribution in [-0.2, 0) is 9.59 Å². The van der Waals surface area contributed by atoms with Crippen LogP contribution in [0.1, 0.15) is 17.2 Å². The molecule has 0 aromatic heterocycles. The van der Waals surface area contributed by atoms with E-state index in [0.717, 1.165) is 0 Å². The summed E-state index contributed by atoms with van der Waals surface area (Å²) in [6.07, 6.45) is 0. The Balaban J connectivity index is 2.20. The molecule has 1 unspecified atom stereocenters. The third kappa shape index (κ3) is 4.11. The molecule has 0 spiro atoms. The fourth-order valence-corrected chi connectivity index (χ4v) is 3.46. The van der Waals surface area contributed by atoms with Crippen molar-refractivity contribution in [3.8, 4) is 5.75 Å². The Kier molecular flexibility index (Phi) is 5.91. The smallest absolute Gasteiger partial charge is 0.295 e. The van der Waals surface area contributed by atoms with Crippen LogP contribution in [0, 0.1) is 5.82 Å². The predicted octanol–water partition coefficient (Wildman–Crippen LogP) is 3.17. The van der Waals surface area contributed by atoms with Gasteiger partial charge in [0.05, 0.1) is 17.2 Å². The third-order valence-electron chi connectivity index (χ3n) is 4.71. The minimum atomic E-state index is -0.996. The maximum absolute atomic E-state index is 13.9. The number of ketones is 1. The van der Waals surface area contributed by atoms with E-state index in [-0.39, 0.29) is 28.5 Å². The molecule has 0 radical (unpaired) electrons. The van der Waals surface area contributed by atoms with Gasteiger partial charge in [-0.15, -0.1) is 0 Å². The summed E-state index contributed by atoms with van der Waals surface area (Å²) in [6.45, 7) is 0.651. The van der Waals surface area contributed by atoms with Crippen LogP contribution >= 0.6 is 11.6 Å². The summed E-state index contributed by atoms with van der Waals surface area (Å²) in [7, 11) is 3.63. The number of benzene rings is 2. The highest BCUT2D eigenvalue weighted by molar-refractivity contribution is 6.46. The molecule has 152 valence electrons. The number of hydrogen-bond acceptors (Lipinski definition) is 5. The first-order chi connectivity index (χ1) is 13.7. The largest absolute Gasteiger partial charge is 0.507 e. The predicted molar refractivity (Wildman–Crippen MR) is 107 cm³/mol. The van der Waals surface area contributed by atoms with E-state index in [1.54, 1.807) is 6.07 Å². The minimum absolute atomic E-state index is 0.0792. The van der Waals surface area contributed by atoms with E-state index >= 15 is 0 Å². The van der Waals surface area contributed by atoms with E-state index in [2.05, 4.69) is 0 Å². The molecule has 1 heterocycles. The van der Waals surface area contributed by atoms with Gasteiger partial charge in [-0.3, -0.25) is 9.59 Å². The Morgan fingerprint density at radius 1 is 1.21 bits per heavy atom. The molecule has 0 aliphatic carbocycles. The van der Waals surface area contributed by atoms with Gasteiger partial charge in [0, 0.05) is 18.1 Å². The Morgan fingerprint density at radius 2 is 1.93 bits per heavy atom. The van der Waals surface area contributed by atoms with Gasteiger partial charge in [-0.1, -0.05) is 23.7 Å². The van der Waals surface area contributed by atoms with Crippen LogP contribution in [0.4, 0.5) is 4.39 Å². The highest BCUT2D eigenvalue weighted by Gasteiger charge is 2.46. The Morgan fingerprint density at radius 3 is 2.59 bits per heavy atom. The second-order valence-corrected chi connectivity index (χ2v) is 7.45. The van der Waals surface area contributed by atoms with E-state index < -0.39 is 29.3 Å². The van der Waals surface area contributed by atoms with Crippen LogP contribution in [0.25, 0.3) is 5.76 Å². The number of hydrogen-bond donors (Lipinski definition) is 2. The monoisotopic (exact) mass is 418 g/mol. The number of Topliss-reactive ketones (excluding diaryl/α,β-unsaturated/α-hetero) is 1. The molecule has 2 aromatic rings. The summed E-state index contributed by atoms with van der Waals surface area (Å²) in [5.41, 5.74) is 0.0347. The lowest BCUT2D eigenvalue weighted by atomic mass is 9.95. The summed E-state index contributed by atoms with van der Waals surface area (Å²) in [5.74, 6) is -3.11. The van der Waals surface area contributed by atoms with Crippen molar-refractivity contribution in [2.24, 2.45) is 0 Å². The van der Waals surface area contributed by atoms with Crippen molar-refractivity contribution in [3.63, 3.8) is 0 Å². The highest BCUT2D eigenvalue weighted by Crippen LogP contribution is 2.41. The van der Waals surface area contributed by atoms with Gasteiger partial charge in [-0.25, -0.2) is 4.39 Å².